The van der Waals surface area contributed by atoms with Gasteiger partial charge in [0.15, 0.2) is 17.3 Å². The van der Waals surface area contributed by atoms with Crippen LogP contribution in [0, 0.1) is 0 Å². The standard InChI is InChI=1S/C22H23Cl2NO3/c1-3-28-22-13(23)10-12(11-14(22)24)19-20-15(6-4-8-17(20)26)25(2)16-7-5-9-18(27)21(16)19/h10-11,19H,3-9H2,1-2H3. The van der Waals surface area contributed by atoms with Crippen molar-refractivity contribution in [1.29, 1.82) is 0 Å². The van der Waals surface area contributed by atoms with Gasteiger partial charge in [-0.25, -0.2) is 0 Å². The highest BCUT2D eigenvalue weighted by Gasteiger charge is 2.42. The Morgan fingerprint density at radius 3 is 1.93 bits per heavy atom. The van der Waals surface area contributed by atoms with E-state index in [4.69, 9.17) is 27.9 Å². The smallest absolute Gasteiger partial charge is 0.161 e. The van der Waals surface area contributed by atoms with Gasteiger partial charge in [-0.05, 0) is 50.3 Å². The minimum atomic E-state index is -0.396. The van der Waals surface area contributed by atoms with Gasteiger partial charge in [0.25, 0.3) is 0 Å². The monoisotopic (exact) mass is 419 g/mol. The third kappa shape index (κ3) is 3.07. The number of hydrogen-bond acceptors (Lipinski definition) is 4. The van der Waals surface area contributed by atoms with Crippen molar-refractivity contribution in [2.24, 2.45) is 0 Å². The molecule has 2 aliphatic carbocycles. The number of benzene rings is 1. The van der Waals surface area contributed by atoms with E-state index in [-0.39, 0.29) is 11.6 Å². The second-order valence-electron chi connectivity index (χ2n) is 7.51. The van der Waals surface area contributed by atoms with Crippen molar-refractivity contribution in [2.75, 3.05) is 13.7 Å². The molecule has 0 unspecified atom stereocenters. The molecule has 4 rings (SSSR count). The molecular formula is C22H23Cl2NO3. The maximum absolute atomic E-state index is 13.0. The van der Waals surface area contributed by atoms with Gasteiger partial charge in [-0.15, -0.1) is 0 Å². The topological polar surface area (TPSA) is 46.6 Å². The molecule has 1 aliphatic heterocycles. The van der Waals surface area contributed by atoms with Gasteiger partial charge in [0.05, 0.1) is 16.7 Å². The molecule has 0 aromatic heterocycles. The number of rotatable bonds is 3. The molecule has 0 saturated carbocycles. The summed E-state index contributed by atoms with van der Waals surface area (Å²) in [5.41, 5.74) is 4.33. The molecule has 148 valence electrons. The number of allylic oxidation sites excluding steroid dienone is 4. The number of halogens is 2. The Hall–Kier alpha value is -1.78. The highest BCUT2D eigenvalue weighted by molar-refractivity contribution is 6.37. The summed E-state index contributed by atoms with van der Waals surface area (Å²) < 4.78 is 5.55. The SMILES string of the molecule is CCOc1c(Cl)cc(C2C3=C(CCCC3=O)N(C)C3=C2C(=O)CCC3)cc1Cl. The predicted molar refractivity (Wildman–Crippen MR) is 110 cm³/mol. The summed E-state index contributed by atoms with van der Waals surface area (Å²) in [7, 11) is 1.98. The van der Waals surface area contributed by atoms with Crippen molar-refractivity contribution in [2.45, 2.75) is 51.4 Å². The first-order valence-electron chi connectivity index (χ1n) is 9.82. The third-order valence-corrected chi connectivity index (χ3v) is 6.45. The Balaban J connectivity index is 1.93. The van der Waals surface area contributed by atoms with Crippen LogP contribution in [-0.4, -0.2) is 30.1 Å². The van der Waals surface area contributed by atoms with Gasteiger partial charge in [-0.2, -0.15) is 0 Å². The van der Waals surface area contributed by atoms with E-state index in [0.717, 1.165) is 53.8 Å². The molecule has 0 saturated heterocycles. The van der Waals surface area contributed by atoms with Crippen molar-refractivity contribution in [1.82, 2.24) is 4.90 Å². The Morgan fingerprint density at radius 2 is 1.46 bits per heavy atom. The average molecular weight is 420 g/mol. The summed E-state index contributed by atoms with van der Waals surface area (Å²) in [5, 5.41) is 0.804. The number of hydrogen-bond donors (Lipinski definition) is 0. The van der Waals surface area contributed by atoms with Crippen molar-refractivity contribution in [3.63, 3.8) is 0 Å². The summed E-state index contributed by atoms with van der Waals surface area (Å²) in [6.07, 6.45) is 4.40. The van der Waals surface area contributed by atoms with E-state index in [9.17, 15) is 9.59 Å². The van der Waals surface area contributed by atoms with E-state index in [0.29, 0.717) is 35.2 Å². The van der Waals surface area contributed by atoms with Crippen LogP contribution < -0.4 is 4.74 Å². The van der Waals surface area contributed by atoms with Crippen LogP contribution in [-0.2, 0) is 9.59 Å². The van der Waals surface area contributed by atoms with Crippen molar-refractivity contribution in [3.05, 3.63) is 50.3 Å². The van der Waals surface area contributed by atoms with Gasteiger partial charge >= 0.3 is 0 Å². The average Bonchev–Trinajstić information content (AvgIpc) is 2.66. The van der Waals surface area contributed by atoms with E-state index in [2.05, 4.69) is 4.90 Å². The van der Waals surface area contributed by atoms with Gasteiger partial charge in [0.1, 0.15) is 0 Å². The predicted octanol–water partition coefficient (Wildman–Crippen LogP) is 5.44. The lowest BCUT2D eigenvalue weighted by Crippen LogP contribution is -2.37. The van der Waals surface area contributed by atoms with Crippen LogP contribution in [0.2, 0.25) is 10.0 Å². The third-order valence-electron chi connectivity index (χ3n) is 5.89. The summed E-state index contributed by atoms with van der Waals surface area (Å²) in [6, 6.07) is 3.60. The first kappa shape index (κ1) is 19.5. The van der Waals surface area contributed by atoms with Crippen LogP contribution in [0.1, 0.15) is 56.9 Å². The van der Waals surface area contributed by atoms with E-state index in [1.54, 1.807) is 12.1 Å². The number of carbonyl (C=O) groups is 2. The quantitative estimate of drug-likeness (QED) is 0.654. The Morgan fingerprint density at radius 1 is 0.964 bits per heavy atom. The van der Waals surface area contributed by atoms with E-state index in [1.807, 2.05) is 14.0 Å². The second kappa shape index (κ2) is 7.57. The fraction of sp³-hybridized carbons (Fsp3) is 0.455. The molecule has 6 heteroatoms. The fourth-order valence-electron chi connectivity index (χ4n) is 4.71. The van der Waals surface area contributed by atoms with E-state index >= 15 is 0 Å². The fourth-order valence-corrected chi connectivity index (χ4v) is 5.33. The van der Waals surface area contributed by atoms with E-state index in [1.165, 1.54) is 0 Å². The molecule has 1 aromatic carbocycles. The molecule has 0 atom stereocenters. The summed E-state index contributed by atoms with van der Waals surface area (Å²) >= 11 is 12.9. The molecule has 0 radical (unpaired) electrons. The van der Waals surface area contributed by atoms with Crippen LogP contribution in [0.3, 0.4) is 0 Å². The number of ether oxygens (including phenoxy) is 1. The Bertz CT molecular complexity index is 865. The number of carbonyl (C=O) groups excluding carboxylic acids is 2. The molecule has 4 nitrogen and oxygen atoms in total. The van der Waals surface area contributed by atoms with Crippen molar-refractivity contribution < 1.29 is 14.3 Å². The summed E-state index contributed by atoms with van der Waals surface area (Å²) in [5.74, 6) is 0.275. The normalized spacial score (nSPS) is 20.5. The Kier molecular flexibility index (Phi) is 5.28. The molecule has 0 N–H and O–H groups in total. The lowest BCUT2D eigenvalue weighted by molar-refractivity contribution is -0.117. The summed E-state index contributed by atoms with van der Waals surface area (Å²) in [4.78, 5) is 28.0. The van der Waals surface area contributed by atoms with Crippen molar-refractivity contribution >= 4 is 34.8 Å². The zero-order chi connectivity index (χ0) is 20.0. The van der Waals surface area contributed by atoms with Crippen LogP contribution in [0.4, 0.5) is 0 Å². The van der Waals surface area contributed by atoms with Crippen LogP contribution >= 0.6 is 23.2 Å². The zero-order valence-electron chi connectivity index (χ0n) is 16.1. The second-order valence-corrected chi connectivity index (χ2v) is 8.33. The maximum atomic E-state index is 13.0. The first-order valence-corrected chi connectivity index (χ1v) is 10.6. The molecule has 0 amide bonds. The molecular weight excluding hydrogens is 397 g/mol. The van der Waals surface area contributed by atoms with E-state index < -0.39 is 5.92 Å². The molecule has 1 heterocycles. The highest BCUT2D eigenvalue weighted by Crippen LogP contribution is 2.50. The van der Waals surface area contributed by atoms with Crippen LogP contribution in [0.5, 0.6) is 5.75 Å². The first-order chi connectivity index (χ1) is 13.4. The van der Waals surface area contributed by atoms with Gasteiger partial charge in [-0.3, -0.25) is 9.59 Å². The minimum Gasteiger partial charge on any atom is -0.491 e. The molecule has 0 fully saturated rings. The molecule has 28 heavy (non-hydrogen) atoms. The number of nitrogens with zero attached hydrogens (tertiary/aromatic N) is 1. The summed E-state index contributed by atoms with van der Waals surface area (Å²) in [6.45, 7) is 2.32. The molecule has 0 bridgehead atoms. The van der Waals surface area contributed by atoms with Gasteiger partial charge in [0.2, 0.25) is 0 Å². The molecule has 0 spiro atoms. The maximum Gasteiger partial charge on any atom is 0.161 e. The van der Waals surface area contributed by atoms with Crippen molar-refractivity contribution in [3.8, 4) is 5.75 Å². The largest absolute Gasteiger partial charge is 0.491 e. The zero-order valence-corrected chi connectivity index (χ0v) is 17.6. The Labute approximate surface area is 175 Å². The highest BCUT2D eigenvalue weighted by atomic mass is 35.5. The van der Waals surface area contributed by atoms with Crippen LogP contribution in [0.15, 0.2) is 34.7 Å². The molecule has 1 aromatic rings. The van der Waals surface area contributed by atoms with Gasteiger partial charge in [0, 0.05) is 48.3 Å². The van der Waals surface area contributed by atoms with Crippen LogP contribution in [0.25, 0.3) is 0 Å². The minimum absolute atomic E-state index is 0.115. The van der Waals surface area contributed by atoms with Gasteiger partial charge in [-0.1, -0.05) is 23.2 Å². The lowest BCUT2D eigenvalue weighted by atomic mass is 9.71. The molecule has 3 aliphatic rings. The lowest BCUT2D eigenvalue weighted by Gasteiger charge is -2.42. The number of Topliss-reactive ketones (excluding diaryl/α,β-unsaturated/α-hetero) is 2. The van der Waals surface area contributed by atoms with Gasteiger partial charge < -0.3 is 9.64 Å². The number of ketones is 2.